The summed E-state index contributed by atoms with van der Waals surface area (Å²) in [5, 5.41) is 0.757. The fourth-order valence-corrected chi connectivity index (χ4v) is 4.04. The Bertz CT molecular complexity index is 521. The lowest BCUT2D eigenvalue weighted by Crippen LogP contribution is -2.35. The van der Waals surface area contributed by atoms with E-state index in [9.17, 15) is 8.42 Å². The molecule has 0 radical (unpaired) electrons. The van der Waals surface area contributed by atoms with E-state index in [1.165, 1.54) is 49.0 Å². The summed E-state index contributed by atoms with van der Waals surface area (Å²) in [7, 11) is -0.312. The van der Waals surface area contributed by atoms with Crippen LogP contribution in [0.3, 0.4) is 0 Å². The molecule has 0 atom stereocenters. The molecule has 0 bridgehead atoms. The molecule has 20 heavy (non-hydrogen) atoms. The average Bonchev–Trinajstić information content (AvgIpc) is 2.91. The van der Waals surface area contributed by atoms with E-state index in [2.05, 4.69) is 16.9 Å². The molecule has 1 aliphatic carbocycles. The van der Waals surface area contributed by atoms with Crippen LogP contribution in [0.25, 0.3) is 0 Å². The van der Waals surface area contributed by atoms with E-state index in [4.69, 9.17) is 0 Å². The summed E-state index contributed by atoms with van der Waals surface area (Å²) in [4.78, 5) is 1.27. The Kier molecular flexibility index (Phi) is 5.49. The van der Waals surface area contributed by atoms with Crippen LogP contribution in [0.1, 0.15) is 31.2 Å². The van der Waals surface area contributed by atoms with E-state index < -0.39 is 10.2 Å². The molecule has 1 N–H and O–H groups in total. The van der Waals surface area contributed by atoms with Crippen LogP contribution in [0.4, 0.5) is 0 Å². The number of hydrogen-bond donors (Lipinski definition) is 1. The zero-order valence-corrected chi connectivity index (χ0v) is 13.6. The molecule has 0 aliphatic heterocycles. The molecule has 0 saturated heterocycles. The van der Waals surface area contributed by atoms with Crippen LogP contribution in [-0.4, -0.2) is 32.1 Å². The third kappa shape index (κ3) is 4.48. The minimum absolute atomic E-state index is 0.328. The van der Waals surface area contributed by atoms with E-state index in [1.807, 2.05) is 23.9 Å². The van der Waals surface area contributed by atoms with Crippen molar-refractivity contribution in [2.45, 2.75) is 42.4 Å². The molecule has 0 unspecified atom stereocenters. The molecule has 1 aromatic carbocycles. The number of rotatable bonds is 6. The molecule has 112 valence electrons. The van der Waals surface area contributed by atoms with E-state index in [0.29, 0.717) is 6.54 Å². The molecule has 4 nitrogen and oxygen atoms in total. The van der Waals surface area contributed by atoms with Crippen molar-refractivity contribution in [3.63, 3.8) is 0 Å². The van der Waals surface area contributed by atoms with E-state index in [0.717, 1.165) is 10.8 Å². The van der Waals surface area contributed by atoms with Gasteiger partial charge in [-0.2, -0.15) is 17.4 Å². The number of benzene rings is 1. The molecular formula is C14H22N2O2S2. The highest BCUT2D eigenvalue weighted by Gasteiger charge is 2.16. The van der Waals surface area contributed by atoms with Crippen LogP contribution in [0.5, 0.6) is 0 Å². The first-order chi connectivity index (χ1) is 9.47. The van der Waals surface area contributed by atoms with Crippen LogP contribution in [0.15, 0.2) is 29.2 Å². The van der Waals surface area contributed by atoms with Gasteiger partial charge in [-0.25, -0.2) is 0 Å². The van der Waals surface area contributed by atoms with Gasteiger partial charge in [0.25, 0.3) is 10.2 Å². The molecule has 1 aromatic rings. The zero-order valence-electron chi connectivity index (χ0n) is 12.0. The number of thioether (sulfide) groups is 1. The second-order valence-electron chi connectivity index (χ2n) is 5.28. The summed E-state index contributed by atoms with van der Waals surface area (Å²) in [6.45, 7) is 0.328. The summed E-state index contributed by atoms with van der Waals surface area (Å²) in [6, 6.07) is 8.16. The summed E-state index contributed by atoms with van der Waals surface area (Å²) in [6.07, 6.45) is 5.33. The fraction of sp³-hybridized carbons (Fsp3) is 0.571. The van der Waals surface area contributed by atoms with Gasteiger partial charge >= 0.3 is 0 Å². The minimum Gasteiger partial charge on any atom is -0.198 e. The smallest absolute Gasteiger partial charge is 0.198 e. The maximum atomic E-state index is 11.6. The summed E-state index contributed by atoms with van der Waals surface area (Å²) < 4.78 is 27.0. The fourth-order valence-electron chi connectivity index (χ4n) is 2.19. The molecule has 0 amide bonds. The second-order valence-corrected chi connectivity index (χ2v) is 8.62. The lowest BCUT2D eigenvalue weighted by molar-refractivity contribution is 0.505. The Morgan fingerprint density at radius 2 is 1.80 bits per heavy atom. The molecule has 0 spiro atoms. The highest BCUT2D eigenvalue weighted by Crippen LogP contribution is 2.34. The minimum atomic E-state index is -3.35. The SMILES string of the molecule is CN(C)S(=O)(=O)NCc1ccc(SC2CCCC2)cc1. The van der Waals surface area contributed by atoms with E-state index >= 15 is 0 Å². The molecule has 1 saturated carbocycles. The lowest BCUT2D eigenvalue weighted by Gasteiger charge is -2.13. The number of hydrogen-bond acceptors (Lipinski definition) is 3. The monoisotopic (exact) mass is 314 g/mol. The van der Waals surface area contributed by atoms with Crippen LogP contribution < -0.4 is 4.72 Å². The van der Waals surface area contributed by atoms with Gasteiger partial charge in [0.2, 0.25) is 0 Å². The molecule has 2 rings (SSSR count). The van der Waals surface area contributed by atoms with Gasteiger partial charge in [-0.15, -0.1) is 11.8 Å². The Labute approximate surface area is 126 Å². The zero-order chi connectivity index (χ0) is 14.6. The van der Waals surface area contributed by atoms with Crippen molar-refractivity contribution in [2.24, 2.45) is 0 Å². The van der Waals surface area contributed by atoms with Crippen molar-refractivity contribution in [2.75, 3.05) is 14.1 Å². The van der Waals surface area contributed by atoms with Gasteiger partial charge in [0, 0.05) is 30.8 Å². The molecular weight excluding hydrogens is 292 g/mol. The first-order valence-electron chi connectivity index (χ1n) is 6.90. The van der Waals surface area contributed by atoms with Crippen molar-refractivity contribution < 1.29 is 8.42 Å². The topological polar surface area (TPSA) is 49.4 Å². The van der Waals surface area contributed by atoms with Crippen molar-refractivity contribution in [3.05, 3.63) is 29.8 Å². The lowest BCUT2D eigenvalue weighted by atomic mass is 10.2. The highest BCUT2D eigenvalue weighted by molar-refractivity contribution is 8.00. The highest BCUT2D eigenvalue weighted by atomic mass is 32.2. The van der Waals surface area contributed by atoms with Gasteiger partial charge in [0.15, 0.2) is 0 Å². The normalized spacial score (nSPS) is 16.9. The average molecular weight is 314 g/mol. The first-order valence-corrected chi connectivity index (χ1v) is 9.22. The first kappa shape index (κ1) is 15.8. The Hall–Kier alpha value is -0.560. The van der Waals surface area contributed by atoms with Gasteiger partial charge < -0.3 is 0 Å². The third-order valence-corrected chi connectivity index (χ3v) is 6.29. The quantitative estimate of drug-likeness (QED) is 0.878. The summed E-state index contributed by atoms with van der Waals surface area (Å²) in [5.41, 5.74) is 0.978. The Morgan fingerprint density at radius 1 is 1.20 bits per heavy atom. The Morgan fingerprint density at radius 3 is 2.35 bits per heavy atom. The second kappa shape index (κ2) is 6.93. The summed E-state index contributed by atoms with van der Waals surface area (Å²) in [5.74, 6) is 0. The van der Waals surface area contributed by atoms with Gasteiger partial charge in [0.05, 0.1) is 0 Å². The van der Waals surface area contributed by atoms with Crippen molar-refractivity contribution in [3.8, 4) is 0 Å². The molecule has 1 aliphatic rings. The third-order valence-electron chi connectivity index (χ3n) is 3.47. The molecule has 1 fully saturated rings. The van der Waals surface area contributed by atoms with Crippen LogP contribution >= 0.6 is 11.8 Å². The van der Waals surface area contributed by atoms with Crippen molar-refractivity contribution >= 4 is 22.0 Å². The maximum absolute atomic E-state index is 11.6. The summed E-state index contributed by atoms with van der Waals surface area (Å²) >= 11 is 1.94. The van der Waals surface area contributed by atoms with E-state index in [-0.39, 0.29) is 0 Å². The van der Waals surface area contributed by atoms with Gasteiger partial charge in [-0.05, 0) is 30.5 Å². The van der Waals surface area contributed by atoms with Gasteiger partial charge in [0.1, 0.15) is 0 Å². The van der Waals surface area contributed by atoms with Gasteiger partial charge in [-0.3, -0.25) is 0 Å². The van der Waals surface area contributed by atoms with Crippen LogP contribution in [-0.2, 0) is 16.8 Å². The predicted octanol–water partition coefficient (Wildman–Crippen LogP) is 2.62. The molecule has 0 heterocycles. The largest absolute Gasteiger partial charge is 0.279 e. The maximum Gasteiger partial charge on any atom is 0.279 e. The van der Waals surface area contributed by atoms with Crippen LogP contribution in [0, 0.1) is 0 Å². The molecule has 6 heteroatoms. The predicted molar refractivity (Wildman–Crippen MR) is 84.0 cm³/mol. The van der Waals surface area contributed by atoms with Crippen molar-refractivity contribution in [1.82, 2.24) is 9.03 Å². The molecule has 0 aromatic heterocycles. The van der Waals surface area contributed by atoms with Crippen molar-refractivity contribution in [1.29, 1.82) is 0 Å². The number of nitrogens with one attached hydrogen (secondary N) is 1. The van der Waals surface area contributed by atoms with E-state index in [1.54, 1.807) is 0 Å². The standard InChI is InChI=1S/C14H22N2O2S2/c1-16(2)20(17,18)15-11-12-7-9-14(10-8-12)19-13-5-3-4-6-13/h7-10,13,15H,3-6,11H2,1-2H3. The van der Waals surface area contributed by atoms with Gasteiger partial charge in [-0.1, -0.05) is 25.0 Å². The Balaban J connectivity index is 1.88. The van der Waals surface area contributed by atoms with Crippen LogP contribution in [0.2, 0.25) is 0 Å². The number of nitrogens with zero attached hydrogens (tertiary/aromatic N) is 1.